The average molecular weight is 769 g/mol. The van der Waals surface area contributed by atoms with E-state index in [1.165, 1.54) is 4.90 Å². The molecule has 6 aromatic rings. The number of rotatable bonds is 7. The highest BCUT2D eigenvalue weighted by molar-refractivity contribution is 5.81. The maximum absolute atomic E-state index is 16.4. The van der Waals surface area contributed by atoms with Crippen molar-refractivity contribution in [2.75, 3.05) is 37.6 Å². The molecule has 0 spiro atoms. The number of benzene rings is 5. The molecule has 1 N–H and O–H groups in total. The summed E-state index contributed by atoms with van der Waals surface area (Å²) >= 11 is 0. The predicted octanol–water partition coefficient (Wildman–Crippen LogP) is 8.41. The first-order chi connectivity index (χ1) is 26.9. The maximum Gasteiger partial charge on any atom is 0.421 e. The number of alkyl halides is 3. The van der Waals surface area contributed by atoms with E-state index in [9.17, 15) is 27.9 Å². The monoisotopic (exact) mass is 768 g/mol. The Hall–Kier alpha value is -5.95. The van der Waals surface area contributed by atoms with Gasteiger partial charge in [0.1, 0.15) is 17.2 Å². The summed E-state index contributed by atoms with van der Waals surface area (Å²) < 4.78 is 83.3. The summed E-state index contributed by atoms with van der Waals surface area (Å²) in [4.78, 5) is 29.8. The molecule has 1 fully saturated rings. The summed E-state index contributed by atoms with van der Waals surface area (Å²) in [6, 6.07) is 31.2. The van der Waals surface area contributed by atoms with Crippen LogP contribution in [0.25, 0.3) is 11.1 Å². The minimum Gasteiger partial charge on any atom is -0.465 e. The second-order valence-corrected chi connectivity index (χ2v) is 14.3. The van der Waals surface area contributed by atoms with Gasteiger partial charge in [0.05, 0.1) is 18.1 Å². The van der Waals surface area contributed by atoms with Crippen molar-refractivity contribution in [3.8, 4) is 0 Å². The number of oxazole rings is 1. The third-order valence-electron chi connectivity index (χ3n) is 11.1. The Bertz CT molecular complexity index is 2330. The van der Waals surface area contributed by atoms with E-state index in [4.69, 9.17) is 4.42 Å². The number of piperazine rings is 1. The van der Waals surface area contributed by atoms with Crippen LogP contribution in [0.3, 0.4) is 0 Å². The van der Waals surface area contributed by atoms with Crippen molar-refractivity contribution < 1.29 is 36.3 Å². The lowest BCUT2D eigenvalue weighted by Crippen LogP contribution is -2.48. The molecule has 8 rings (SSSR count). The van der Waals surface area contributed by atoms with Gasteiger partial charge in [0.15, 0.2) is 5.58 Å². The number of carbonyl (C=O) groups is 1. The van der Waals surface area contributed by atoms with Gasteiger partial charge >= 0.3 is 18.0 Å². The van der Waals surface area contributed by atoms with Crippen LogP contribution in [-0.2, 0) is 12.0 Å². The SMILES string of the molecule is C[C@@H]1Cc2c(ccc3c2oc(=O)n3C(c2ccccc2)(c2ccccc2)c2ccccc2)[C@@H](c2c(F)cc(N3CCN(C(=O)O)CC3)cc2F)N1CC(F)(F)F. The fourth-order valence-corrected chi connectivity index (χ4v) is 8.65. The summed E-state index contributed by atoms with van der Waals surface area (Å²) in [6.07, 6.45) is -5.81. The molecule has 8 nitrogen and oxygen atoms in total. The Morgan fingerprint density at radius 1 is 0.786 bits per heavy atom. The number of halogens is 5. The number of hydrogen-bond acceptors (Lipinski definition) is 5. The van der Waals surface area contributed by atoms with Gasteiger partial charge in [-0.05, 0) is 53.8 Å². The van der Waals surface area contributed by atoms with E-state index in [0.717, 1.165) is 33.7 Å². The Morgan fingerprint density at radius 3 is 1.79 bits per heavy atom. The van der Waals surface area contributed by atoms with Gasteiger partial charge in [0.2, 0.25) is 0 Å². The molecular weight excluding hydrogens is 731 g/mol. The van der Waals surface area contributed by atoms with Gasteiger partial charge in [0.25, 0.3) is 0 Å². The summed E-state index contributed by atoms with van der Waals surface area (Å²) in [5.74, 6) is -2.82. The molecular formula is C43H37F5N4O4. The zero-order chi connectivity index (χ0) is 39.4. The molecule has 1 aromatic heterocycles. The average Bonchev–Trinajstić information content (AvgIpc) is 3.53. The summed E-state index contributed by atoms with van der Waals surface area (Å²) in [6.45, 7) is 0.710. The number of nitrogens with zero attached hydrogens (tertiary/aromatic N) is 4. The second-order valence-electron chi connectivity index (χ2n) is 14.3. The molecule has 0 bridgehead atoms. The van der Waals surface area contributed by atoms with E-state index in [2.05, 4.69) is 0 Å². The van der Waals surface area contributed by atoms with Crippen molar-refractivity contribution in [3.63, 3.8) is 0 Å². The van der Waals surface area contributed by atoms with Crippen LogP contribution in [0.15, 0.2) is 124 Å². The normalized spacial score (nSPS) is 18.0. The number of anilines is 1. The van der Waals surface area contributed by atoms with Gasteiger partial charge in [-0.3, -0.25) is 9.47 Å². The van der Waals surface area contributed by atoms with Crippen LogP contribution in [0.5, 0.6) is 0 Å². The smallest absolute Gasteiger partial charge is 0.421 e. The van der Waals surface area contributed by atoms with E-state index < -0.39 is 59.4 Å². The molecule has 0 aliphatic carbocycles. The fourth-order valence-electron chi connectivity index (χ4n) is 8.65. The van der Waals surface area contributed by atoms with E-state index in [1.807, 2.05) is 91.0 Å². The molecule has 13 heteroatoms. The van der Waals surface area contributed by atoms with E-state index in [1.54, 1.807) is 28.5 Å². The topological polar surface area (TPSA) is 82.2 Å². The van der Waals surface area contributed by atoms with Crippen molar-refractivity contribution in [2.24, 2.45) is 0 Å². The molecule has 3 heterocycles. The number of amides is 1. The van der Waals surface area contributed by atoms with E-state index >= 15 is 8.78 Å². The quantitative estimate of drug-likeness (QED) is 0.130. The highest BCUT2D eigenvalue weighted by Gasteiger charge is 2.46. The first-order valence-corrected chi connectivity index (χ1v) is 18.3. The molecule has 2 atom stereocenters. The van der Waals surface area contributed by atoms with Gasteiger partial charge in [0, 0.05) is 49.0 Å². The number of fused-ring (bicyclic) bond motifs is 3. The minimum atomic E-state index is -4.71. The molecule has 1 saturated heterocycles. The zero-order valence-electron chi connectivity index (χ0n) is 30.2. The minimum absolute atomic E-state index is 0.00358. The first-order valence-electron chi connectivity index (χ1n) is 18.3. The van der Waals surface area contributed by atoms with Crippen LogP contribution in [0, 0.1) is 11.6 Å². The Kier molecular flexibility index (Phi) is 9.43. The van der Waals surface area contributed by atoms with Crippen molar-refractivity contribution in [3.05, 3.63) is 171 Å². The van der Waals surface area contributed by atoms with Gasteiger partial charge in [-0.2, -0.15) is 13.2 Å². The zero-order valence-corrected chi connectivity index (χ0v) is 30.2. The molecule has 0 radical (unpaired) electrons. The van der Waals surface area contributed by atoms with Gasteiger partial charge in [-0.25, -0.2) is 18.4 Å². The molecule has 288 valence electrons. The molecule has 2 aliphatic heterocycles. The van der Waals surface area contributed by atoms with Crippen LogP contribution >= 0.6 is 0 Å². The fraction of sp³-hybridized carbons (Fsp3) is 0.256. The van der Waals surface area contributed by atoms with Gasteiger partial charge in [-0.1, -0.05) is 97.1 Å². The number of carboxylic acid groups (broad SMARTS) is 1. The van der Waals surface area contributed by atoms with Crippen molar-refractivity contribution >= 4 is 22.9 Å². The maximum atomic E-state index is 16.4. The summed E-state index contributed by atoms with van der Waals surface area (Å²) in [7, 11) is 0. The first kappa shape index (κ1) is 37.0. The van der Waals surface area contributed by atoms with Crippen LogP contribution < -0.4 is 10.7 Å². The highest BCUT2D eigenvalue weighted by Crippen LogP contribution is 2.47. The molecule has 0 saturated carbocycles. The Morgan fingerprint density at radius 2 is 1.30 bits per heavy atom. The molecule has 1 amide bonds. The molecule has 56 heavy (non-hydrogen) atoms. The number of hydrogen-bond donors (Lipinski definition) is 1. The van der Waals surface area contributed by atoms with Gasteiger partial charge < -0.3 is 19.3 Å². The molecule has 2 aliphatic rings. The van der Waals surface area contributed by atoms with Crippen LogP contribution in [0.1, 0.15) is 46.3 Å². The summed E-state index contributed by atoms with van der Waals surface area (Å²) in [5, 5.41) is 9.33. The van der Waals surface area contributed by atoms with E-state index in [0.29, 0.717) is 11.1 Å². The predicted molar refractivity (Wildman–Crippen MR) is 201 cm³/mol. The van der Waals surface area contributed by atoms with Crippen molar-refractivity contribution in [1.29, 1.82) is 0 Å². The lowest BCUT2D eigenvalue weighted by atomic mass is 9.76. The second kappa shape index (κ2) is 14.3. The lowest BCUT2D eigenvalue weighted by molar-refractivity contribution is -0.155. The lowest BCUT2D eigenvalue weighted by Gasteiger charge is -2.43. The Balaban J connectivity index is 1.34. The largest absolute Gasteiger partial charge is 0.465 e. The molecule has 5 aromatic carbocycles. The molecule has 0 unspecified atom stereocenters. The van der Waals surface area contributed by atoms with Crippen LogP contribution in [0.2, 0.25) is 0 Å². The van der Waals surface area contributed by atoms with Crippen LogP contribution in [-0.4, -0.2) is 70.5 Å². The third kappa shape index (κ3) is 6.29. The Labute approximate surface area is 318 Å². The van der Waals surface area contributed by atoms with Gasteiger partial charge in [-0.15, -0.1) is 0 Å². The number of aromatic nitrogens is 1. The van der Waals surface area contributed by atoms with E-state index in [-0.39, 0.29) is 49.4 Å². The van der Waals surface area contributed by atoms with Crippen molar-refractivity contribution in [2.45, 2.75) is 37.1 Å². The van der Waals surface area contributed by atoms with Crippen molar-refractivity contribution in [1.82, 2.24) is 14.4 Å². The summed E-state index contributed by atoms with van der Waals surface area (Å²) in [5.41, 5.74) is 1.60. The van der Waals surface area contributed by atoms with Crippen LogP contribution in [0.4, 0.5) is 32.4 Å². The standard InChI is InChI=1S/C43H37F5N4O4/c1-27-23-33-32(38(51(27)26-42(46,47)48)37-34(44)24-31(25-35(37)45)49-19-21-50(22-20-49)40(53)54)17-18-36-39(33)56-41(55)52(36)43(28-11-5-2-6-12-28,29-13-7-3-8-14-29)30-15-9-4-10-16-30/h2-18,24-25,27,38H,19-23,26H2,1H3,(H,53,54)/t27-,38+/m1/s1. The third-order valence-corrected chi connectivity index (χ3v) is 11.1. The highest BCUT2D eigenvalue weighted by atomic mass is 19.4.